The average molecular weight is 302 g/mol. The van der Waals surface area contributed by atoms with Crippen molar-refractivity contribution in [3.8, 4) is 0 Å². The van der Waals surface area contributed by atoms with Crippen LogP contribution < -0.4 is 0 Å². The van der Waals surface area contributed by atoms with Crippen LogP contribution >= 0.6 is 0 Å². The van der Waals surface area contributed by atoms with E-state index in [0.717, 1.165) is 37.4 Å². The van der Waals surface area contributed by atoms with Gasteiger partial charge in [-0.25, -0.2) is 0 Å². The van der Waals surface area contributed by atoms with Crippen molar-refractivity contribution in [1.29, 1.82) is 0 Å². The molecule has 2 saturated heterocycles. The molecule has 22 heavy (non-hydrogen) atoms. The van der Waals surface area contributed by atoms with Crippen LogP contribution in [0.15, 0.2) is 12.4 Å². The number of hydrogen-bond acceptors (Lipinski definition) is 4. The van der Waals surface area contributed by atoms with Crippen LogP contribution in [0.1, 0.15) is 44.0 Å². The van der Waals surface area contributed by atoms with Crippen LogP contribution in [0.25, 0.3) is 0 Å². The molecular weight excluding hydrogens is 276 g/mol. The first kappa shape index (κ1) is 15.4. The number of nitrogens with zero attached hydrogens (tertiary/aromatic N) is 4. The van der Waals surface area contributed by atoms with Gasteiger partial charge in [0.15, 0.2) is 0 Å². The Hall–Kier alpha value is -1.49. The maximum absolute atomic E-state index is 12.3. The van der Waals surface area contributed by atoms with Gasteiger partial charge in [0.25, 0.3) is 0 Å². The molecule has 1 atom stereocenters. The van der Waals surface area contributed by atoms with E-state index in [1.807, 2.05) is 11.8 Å². The van der Waals surface area contributed by atoms with Crippen molar-refractivity contribution in [1.82, 2.24) is 19.8 Å². The van der Waals surface area contributed by atoms with Crippen LogP contribution in [0, 0.1) is 12.3 Å². The highest BCUT2D eigenvalue weighted by Crippen LogP contribution is 2.39. The zero-order valence-corrected chi connectivity index (χ0v) is 13.7. The largest absolute Gasteiger partial charge is 0.336 e. The molecule has 0 N–H and O–H groups in total. The molecule has 0 saturated carbocycles. The van der Waals surface area contributed by atoms with Crippen molar-refractivity contribution in [2.24, 2.45) is 5.41 Å². The van der Waals surface area contributed by atoms with E-state index in [1.54, 1.807) is 12.4 Å². The van der Waals surface area contributed by atoms with Gasteiger partial charge in [-0.05, 0) is 39.3 Å². The first-order valence-corrected chi connectivity index (χ1v) is 8.38. The lowest BCUT2D eigenvalue weighted by atomic mass is 9.73. The summed E-state index contributed by atoms with van der Waals surface area (Å²) in [7, 11) is 0. The Morgan fingerprint density at radius 1 is 1.23 bits per heavy atom. The fourth-order valence-electron chi connectivity index (χ4n) is 3.86. The number of likely N-dealkylation sites (tertiary alicyclic amines) is 2. The summed E-state index contributed by atoms with van der Waals surface area (Å²) in [6, 6.07) is 0. The monoisotopic (exact) mass is 302 g/mol. The minimum absolute atomic E-state index is 0.265. The number of hydrogen-bond donors (Lipinski definition) is 0. The van der Waals surface area contributed by atoms with E-state index in [-0.39, 0.29) is 5.91 Å². The van der Waals surface area contributed by atoms with E-state index < -0.39 is 0 Å². The Labute approximate surface area is 132 Å². The van der Waals surface area contributed by atoms with Crippen molar-refractivity contribution < 1.29 is 4.79 Å². The van der Waals surface area contributed by atoms with Crippen molar-refractivity contribution in [3.05, 3.63) is 23.8 Å². The van der Waals surface area contributed by atoms with E-state index in [9.17, 15) is 4.79 Å². The number of amides is 1. The molecule has 5 nitrogen and oxygen atoms in total. The molecule has 3 rings (SSSR count). The third kappa shape index (κ3) is 3.29. The van der Waals surface area contributed by atoms with Gasteiger partial charge in [-0.3, -0.25) is 14.8 Å². The molecule has 0 aliphatic carbocycles. The molecule has 5 heteroatoms. The molecular formula is C17H26N4O. The van der Waals surface area contributed by atoms with Crippen molar-refractivity contribution in [3.63, 3.8) is 0 Å². The quantitative estimate of drug-likeness (QED) is 0.857. The number of piperidine rings is 2. The Kier molecular flexibility index (Phi) is 4.43. The van der Waals surface area contributed by atoms with Crippen LogP contribution in [0.4, 0.5) is 0 Å². The molecule has 2 aliphatic rings. The van der Waals surface area contributed by atoms with E-state index in [0.29, 0.717) is 18.4 Å². The Bertz CT molecular complexity index is 530. The molecule has 120 valence electrons. The second-order valence-electron chi connectivity index (χ2n) is 6.87. The van der Waals surface area contributed by atoms with Gasteiger partial charge in [0.1, 0.15) is 0 Å². The van der Waals surface area contributed by atoms with Gasteiger partial charge in [0.05, 0.1) is 24.1 Å². The normalized spacial score (nSPS) is 26.6. The minimum Gasteiger partial charge on any atom is -0.336 e. The zero-order valence-electron chi connectivity index (χ0n) is 13.7. The number of rotatable bonds is 3. The van der Waals surface area contributed by atoms with Gasteiger partial charge in [-0.1, -0.05) is 6.92 Å². The number of carbonyl (C=O) groups is 1. The summed E-state index contributed by atoms with van der Waals surface area (Å²) in [5.41, 5.74) is 2.09. The van der Waals surface area contributed by atoms with Crippen LogP contribution in [0.5, 0.6) is 0 Å². The maximum atomic E-state index is 12.3. The van der Waals surface area contributed by atoms with E-state index in [1.165, 1.54) is 19.4 Å². The zero-order chi connectivity index (χ0) is 15.6. The summed E-state index contributed by atoms with van der Waals surface area (Å²) >= 11 is 0. The van der Waals surface area contributed by atoms with Gasteiger partial charge in [-0.15, -0.1) is 0 Å². The van der Waals surface area contributed by atoms with Gasteiger partial charge < -0.3 is 9.80 Å². The van der Waals surface area contributed by atoms with Gasteiger partial charge in [0, 0.05) is 31.1 Å². The predicted octanol–water partition coefficient (Wildman–Crippen LogP) is 2.01. The lowest BCUT2D eigenvalue weighted by Gasteiger charge is -2.48. The average Bonchev–Trinajstić information content (AvgIpc) is 2.53. The van der Waals surface area contributed by atoms with Gasteiger partial charge in [0.2, 0.25) is 5.91 Å². The fraction of sp³-hybridized carbons (Fsp3) is 0.706. The molecule has 1 aromatic heterocycles. The Morgan fingerprint density at radius 3 is 2.82 bits per heavy atom. The summed E-state index contributed by atoms with van der Waals surface area (Å²) in [6.45, 7) is 9.07. The molecule has 2 fully saturated rings. The number of aryl methyl sites for hydroxylation is 1. The minimum atomic E-state index is 0.265. The summed E-state index contributed by atoms with van der Waals surface area (Å²) in [4.78, 5) is 25.5. The third-order valence-corrected chi connectivity index (χ3v) is 5.12. The van der Waals surface area contributed by atoms with E-state index in [4.69, 9.17) is 0 Å². The molecule has 0 radical (unpaired) electrons. The molecule has 0 bridgehead atoms. The second kappa shape index (κ2) is 6.32. The van der Waals surface area contributed by atoms with E-state index in [2.05, 4.69) is 21.8 Å². The lowest BCUT2D eigenvalue weighted by Crippen LogP contribution is -2.53. The molecule has 3 heterocycles. The number of aromatic nitrogens is 2. The first-order valence-electron chi connectivity index (χ1n) is 8.38. The third-order valence-electron chi connectivity index (χ3n) is 5.12. The smallest absolute Gasteiger partial charge is 0.222 e. The molecule has 1 amide bonds. The van der Waals surface area contributed by atoms with Crippen LogP contribution in [-0.4, -0.2) is 51.9 Å². The first-order chi connectivity index (χ1) is 10.6. The predicted molar refractivity (Wildman–Crippen MR) is 85.2 cm³/mol. The lowest BCUT2D eigenvalue weighted by molar-refractivity contribution is -0.140. The highest BCUT2D eigenvalue weighted by Gasteiger charge is 2.41. The molecule has 2 aliphatic heterocycles. The summed E-state index contributed by atoms with van der Waals surface area (Å²) in [5.74, 6) is 0.265. The van der Waals surface area contributed by atoms with Crippen molar-refractivity contribution in [2.45, 2.75) is 46.1 Å². The topological polar surface area (TPSA) is 49.3 Å². The van der Waals surface area contributed by atoms with Crippen LogP contribution in [0.2, 0.25) is 0 Å². The van der Waals surface area contributed by atoms with Gasteiger partial charge >= 0.3 is 0 Å². The SMILES string of the molecule is CCN1CCCC2(CCC(=O)N(Cc3cnc(C)cn3)C2)C1. The highest BCUT2D eigenvalue weighted by atomic mass is 16.2. The summed E-state index contributed by atoms with van der Waals surface area (Å²) < 4.78 is 0. The molecule has 1 unspecified atom stereocenters. The molecule has 0 aromatic carbocycles. The van der Waals surface area contributed by atoms with Crippen LogP contribution in [-0.2, 0) is 11.3 Å². The van der Waals surface area contributed by atoms with Crippen molar-refractivity contribution >= 4 is 5.91 Å². The Balaban J connectivity index is 1.70. The summed E-state index contributed by atoms with van der Waals surface area (Å²) in [5, 5.41) is 0. The highest BCUT2D eigenvalue weighted by molar-refractivity contribution is 5.77. The molecule has 1 aromatic rings. The van der Waals surface area contributed by atoms with Crippen molar-refractivity contribution in [2.75, 3.05) is 26.2 Å². The van der Waals surface area contributed by atoms with E-state index >= 15 is 0 Å². The van der Waals surface area contributed by atoms with Crippen LogP contribution in [0.3, 0.4) is 0 Å². The standard InChI is InChI=1S/C17H26N4O/c1-3-20-8-4-6-17(12-20)7-5-16(22)21(13-17)11-15-10-18-14(2)9-19-15/h9-10H,3-8,11-13H2,1-2H3. The molecule has 1 spiro atoms. The van der Waals surface area contributed by atoms with Gasteiger partial charge in [-0.2, -0.15) is 0 Å². The fourth-order valence-corrected chi connectivity index (χ4v) is 3.86. The Morgan fingerprint density at radius 2 is 2.09 bits per heavy atom. The maximum Gasteiger partial charge on any atom is 0.222 e. The number of carbonyl (C=O) groups excluding carboxylic acids is 1. The second-order valence-corrected chi connectivity index (χ2v) is 6.87. The summed E-state index contributed by atoms with van der Waals surface area (Å²) in [6.07, 6.45) is 7.78.